The number of rotatable bonds is 8. The molecule has 2 aromatic carbocycles. The molecule has 1 aliphatic carbocycles. The van der Waals surface area contributed by atoms with Gasteiger partial charge in [0.1, 0.15) is 6.61 Å². The fourth-order valence-electron chi connectivity index (χ4n) is 4.02. The van der Waals surface area contributed by atoms with Crippen LogP contribution < -0.4 is 0 Å². The molecule has 0 amide bonds. The third kappa shape index (κ3) is 5.67. The summed E-state index contributed by atoms with van der Waals surface area (Å²) in [7, 11) is 1.17. The van der Waals surface area contributed by atoms with Gasteiger partial charge in [-0.15, -0.1) is 0 Å². The Balaban J connectivity index is 1.69. The molecular formula is C27H28F4O2. The highest BCUT2D eigenvalue weighted by Gasteiger charge is 2.25. The van der Waals surface area contributed by atoms with Crippen molar-refractivity contribution in [1.29, 1.82) is 0 Å². The van der Waals surface area contributed by atoms with Gasteiger partial charge in [0.05, 0.1) is 7.11 Å². The molecular weight excluding hydrogens is 432 g/mol. The molecule has 0 N–H and O–H groups in total. The van der Waals surface area contributed by atoms with Crippen molar-refractivity contribution in [3.8, 4) is 11.1 Å². The van der Waals surface area contributed by atoms with Gasteiger partial charge in [-0.25, -0.2) is 8.78 Å². The molecule has 0 spiro atoms. The number of allylic oxidation sites excluding steroid dienone is 2. The van der Waals surface area contributed by atoms with E-state index in [9.17, 15) is 17.6 Å². The van der Waals surface area contributed by atoms with Gasteiger partial charge in [-0.3, -0.25) is 0 Å². The van der Waals surface area contributed by atoms with Crippen LogP contribution in [-0.4, -0.2) is 7.11 Å². The molecule has 0 atom stereocenters. The van der Waals surface area contributed by atoms with Crippen LogP contribution in [0.1, 0.15) is 49.7 Å². The fourth-order valence-corrected chi connectivity index (χ4v) is 4.02. The summed E-state index contributed by atoms with van der Waals surface area (Å²) in [5, 5.41) is 0. The molecule has 0 aromatic heterocycles. The van der Waals surface area contributed by atoms with E-state index in [1.54, 1.807) is 36.4 Å². The highest BCUT2D eigenvalue weighted by Crippen LogP contribution is 2.38. The van der Waals surface area contributed by atoms with E-state index in [1.807, 2.05) is 0 Å². The van der Waals surface area contributed by atoms with Gasteiger partial charge < -0.3 is 9.47 Å². The summed E-state index contributed by atoms with van der Waals surface area (Å²) in [5.74, 6) is -4.52. The average Bonchev–Trinajstić information content (AvgIpc) is 2.83. The molecule has 0 heterocycles. The topological polar surface area (TPSA) is 18.5 Å². The van der Waals surface area contributed by atoms with E-state index in [-0.39, 0.29) is 18.1 Å². The molecule has 0 radical (unpaired) electrons. The first kappa shape index (κ1) is 24.6. The lowest BCUT2D eigenvalue weighted by molar-refractivity contribution is 0.192. The van der Waals surface area contributed by atoms with Crippen molar-refractivity contribution in [2.45, 2.75) is 45.1 Å². The summed E-state index contributed by atoms with van der Waals surface area (Å²) in [5.41, 5.74) is 1.75. The summed E-state index contributed by atoms with van der Waals surface area (Å²) in [4.78, 5) is 0. The third-order valence-electron chi connectivity index (χ3n) is 6.17. The molecule has 6 heteroatoms. The molecule has 0 bridgehead atoms. The normalized spacial score (nSPS) is 19.0. The van der Waals surface area contributed by atoms with E-state index in [2.05, 4.69) is 24.8 Å². The van der Waals surface area contributed by atoms with Gasteiger partial charge in [0.25, 0.3) is 0 Å². The smallest absolute Gasteiger partial charge is 0.203 e. The average molecular weight is 461 g/mol. The van der Waals surface area contributed by atoms with Crippen LogP contribution in [0.15, 0.2) is 72.7 Å². The molecule has 176 valence electrons. The number of halogens is 4. The Labute approximate surface area is 192 Å². The van der Waals surface area contributed by atoms with Crippen molar-refractivity contribution in [1.82, 2.24) is 0 Å². The summed E-state index contributed by atoms with van der Waals surface area (Å²) < 4.78 is 67.1. The monoisotopic (exact) mass is 460 g/mol. The van der Waals surface area contributed by atoms with Crippen molar-refractivity contribution >= 4 is 0 Å². The zero-order valence-electron chi connectivity index (χ0n) is 18.9. The first-order valence-electron chi connectivity index (χ1n) is 10.9. The minimum absolute atomic E-state index is 0.0534. The van der Waals surface area contributed by atoms with E-state index in [0.29, 0.717) is 22.6 Å². The maximum Gasteiger partial charge on any atom is 0.203 e. The fraction of sp³-hybridized carbons (Fsp3) is 0.333. The Bertz CT molecular complexity index is 1050. The highest BCUT2D eigenvalue weighted by atomic mass is 19.2. The molecule has 1 fully saturated rings. The number of methoxy groups -OCH3 is 1. The van der Waals surface area contributed by atoms with Crippen LogP contribution >= 0.6 is 0 Å². The molecule has 33 heavy (non-hydrogen) atoms. The second-order valence-corrected chi connectivity index (χ2v) is 8.45. The maximum absolute atomic E-state index is 14.9. The lowest BCUT2D eigenvalue weighted by atomic mass is 9.79. The lowest BCUT2D eigenvalue weighted by Crippen LogP contribution is -2.13. The van der Waals surface area contributed by atoms with Crippen LogP contribution in [0, 0.1) is 17.6 Å². The molecule has 1 aliphatic rings. The minimum Gasteiger partial charge on any atom is -0.494 e. The van der Waals surface area contributed by atoms with Gasteiger partial charge in [0.2, 0.25) is 11.7 Å². The number of benzene rings is 2. The van der Waals surface area contributed by atoms with E-state index in [0.717, 1.165) is 25.7 Å². The summed E-state index contributed by atoms with van der Waals surface area (Å²) in [6.07, 6.45) is 3.79. The van der Waals surface area contributed by atoms with Crippen molar-refractivity contribution in [3.63, 3.8) is 0 Å². The quantitative estimate of drug-likeness (QED) is 0.224. The Hall–Kier alpha value is -3.02. The zero-order chi connectivity index (χ0) is 24.1. The van der Waals surface area contributed by atoms with Gasteiger partial charge in [0.15, 0.2) is 23.2 Å². The first-order chi connectivity index (χ1) is 15.7. The summed E-state index contributed by atoms with van der Waals surface area (Å²) >= 11 is 0. The molecule has 0 aliphatic heterocycles. The van der Waals surface area contributed by atoms with Crippen LogP contribution in [0.4, 0.5) is 17.6 Å². The molecule has 0 saturated heterocycles. The third-order valence-corrected chi connectivity index (χ3v) is 6.17. The summed E-state index contributed by atoms with van der Waals surface area (Å²) in [6.45, 7) is 8.69. The largest absolute Gasteiger partial charge is 0.494 e. The first-order valence-corrected chi connectivity index (χ1v) is 10.9. The maximum atomic E-state index is 14.9. The van der Waals surface area contributed by atoms with Crippen molar-refractivity contribution in [2.75, 3.05) is 7.11 Å². The van der Waals surface area contributed by atoms with E-state index in [4.69, 9.17) is 4.74 Å². The Morgan fingerprint density at radius 3 is 2.09 bits per heavy atom. The second kappa shape index (κ2) is 10.7. The van der Waals surface area contributed by atoms with Crippen LogP contribution in [0.5, 0.6) is 0 Å². The predicted octanol–water partition coefficient (Wildman–Crippen LogP) is 8.27. The van der Waals surface area contributed by atoms with Crippen molar-refractivity contribution in [3.05, 3.63) is 95.5 Å². The van der Waals surface area contributed by atoms with E-state index >= 15 is 0 Å². The van der Waals surface area contributed by atoms with Crippen LogP contribution in [0.3, 0.4) is 0 Å². The van der Waals surface area contributed by atoms with Crippen LogP contribution in [-0.2, 0) is 16.1 Å². The molecule has 2 nitrogen and oxygen atoms in total. The summed E-state index contributed by atoms with van der Waals surface area (Å²) in [6, 6.07) is 9.84. The van der Waals surface area contributed by atoms with Gasteiger partial charge in [-0.1, -0.05) is 69.3 Å². The molecule has 1 saturated carbocycles. The SMILES string of the molecule is C=C(OC)/C(F)=C(/F)C(=C)OCc1ccc(-c2ccc(C3CCC(C)CC3)c(F)c2F)cc1. The van der Waals surface area contributed by atoms with Crippen LogP contribution in [0.25, 0.3) is 11.1 Å². The Morgan fingerprint density at radius 1 is 0.879 bits per heavy atom. The lowest BCUT2D eigenvalue weighted by Gasteiger charge is -2.27. The predicted molar refractivity (Wildman–Crippen MR) is 121 cm³/mol. The molecule has 0 unspecified atom stereocenters. The van der Waals surface area contributed by atoms with Gasteiger partial charge in [0, 0.05) is 5.56 Å². The van der Waals surface area contributed by atoms with Crippen LogP contribution in [0.2, 0.25) is 0 Å². The zero-order valence-corrected chi connectivity index (χ0v) is 18.9. The standard InChI is InChI=1S/C27H28F4O2/c1-16-5-9-20(10-6-16)22-13-14-23(27(31)26(22)30)21-11-7-19(8-12-21)15-33-18(3)25(29)24(28)17(2)32-4/h7-8,11-14,16,20H,2-3,5-6,9-10,15H2,1,4H3/b25-24-. The molecule has 3 rings (SSSR count). The van der Waals surface area contributed by atoms with Gasteiger partial charge in [-0.05, 0) is 41.4 Å². The number of hydrogen-bond donors (Lipinski definition) is 0. The van der Waals surface area contributed by atoms with Gasteiger partial charge >= 0.3 is 0 Å². The van der Waals surface area contributed by atoms with E-state index in [1.165, 1.54) is 7.11 Å². The van der Waals surface area contributed by atoms with E-state index < -0.39 is 34.8 Å². The highest BCUT2D eigenvalue weighted by molar-refractivity contribution is 5.65. The van der Waals surface area contributed by atoms with Crippen molar-refractivity contribution in [2.24, 2.45) is 5.92 Å². The molecule has 2 aromatic rings. The van der Waals surface area contributed by atoms with Gasteiger partial charge in [-0.2, -0.15) is 8.78 Å². The Kier molecular flexibility index (Phi) is 8.01. The van der Waals surface area contributed by atoms with Crippen molar-refractivity contribution < 1.29 is 27.0 Å². The number of ether oxygens (including phenoxy) is 2. The Morgan fingerprint density at radius 2 is 1.48 bits per heavy atom. The number of hydrogen-bond acceptors (Lipinski definition) is 2. The second-order valence-electron chi connectivity index (χ2n) is 8.45. The minimum atomic E-state index is -1.30.